The van der Waals surface area contributed by atoms with Gasteiger partial charge in [-0.15, -0.1) is 0 Å². The Bertz CT molecular complexity index is 482. The average molecular weight is 341 g/mol. The highest BCUT2D eigenvalue weighted by molar-refractivity contribution is 14.1. The quantitative estimate of drug-likeness (QED) is 0.836. The predicted molar refractivity (Wildman–Crippen MR) is 76.1 cm³/mol. The van der Waals surface area contributed by atoms with Crippen LogP contribution >= 0.6 is 22.6 Å². The van der Waals surface area contributed by atoms with E-state index in [0.29, 0.717) is 12.1 Å². The molecule has 0 aliphatic heterocycles. The molecule has 2 rings (SSSR count). The summed E-state index contributed by atoms with van der Waals surface area (Å²) in [5.74, 6) is -0.150. The molecule has 2 aromatic rings. The highest BCUT2D eigenvalue weighted by Crippen LogP contribution is 2.08. The molecule has 0 radical (unpaired) electrons. The SMILES string of the molecule is Fc1ccccc1CNCc1ccc(I)cc1. The van der Waals surface area contributed by atoms with Crippen molar-refractivity contribution in [2.75, 3.05) is 0 Å². The third-order valence-electron chi connectivity index (χ3n) is 2.52. The number of hydrogen-bond acceptors (Lipinski definition) is 1. The number of nitrogens with one attached hydrogen (secondary N) is 1. The van der Waals surface area contributed by atoms with E-state index in [9.17, 15) is 4.39 Å². The molecule has 0 atom stereocenters. The van der Waals surface area contributed by atoms with Crippen molar-refractivity contribution in [2.45, 2.75) is 13.1 Å². The number of halogens is 2. The van der Waals surface area contributed by atoms with E-state index >= 15 is 0 Å². The molecule has 0 saturated heterocycles. The van der Waals surface area contributed by atoms with E-state index in [0.717, 1.165) is 6.54 Å². The van der Waals surface area contributed by atoms with Gasteiger partial charge in [-0.2, -0.15) is 0 Å². The molecule has 0 aromatic heterocycles. The maximum absolute atomic E-state index is 13.3. The number of benzene rings is 2. The van der Waals surface area contributed by atoms with Crippen LogP contribution in [0.2, 0.25) is 0 Å². The summed E-state index contributed by atoms with van der Waals surface area (Å²) in [6.07, 6.45) is 0. The Morgan fingerprint density at radius 1 is 0.941 bits per heavy atom. The summed E-state index contributed by atoms with van der Waals surface area (Å²) < 4.78 is 14.5. The van der Waals surface area contributed by atoms with Gasteiger partial charge in [-0.25, -0.2) is 4.39 Å². The highest BCUT2D eigenvalue weighted by atomic mass is 127. The fourth-order valence-corrected chi connectivity index (χ4v) is 1.95. The predicted octanol–water partition coefficient (Wildman–Crippen LogP) is 3.72. The lowest BCUT2D eigenvalue weighted by Crippen LogP contribution is -2.13. The summed E-state index contributed by atoms with van der Waals surface area (Å²) in [5.41, 5.74) is 1.92. The van der Waals surface area contributed by atoms with Gasteiger partial charge in [0.2, 0.25) is 0 Å². The minimum absolute atomic E-state index is 0.150. The summed E-state index contributed by atoms with van der Waals surface area (Å²) in [7, 11) is 0. The third kappa shape index (κ3) is 3.78. The van der Waals surface area contributed by atoms with Crippen LogP contribution in [0.3, 0.4) is 0 Å². The van der Waals surface area contributed by atoms with Crippen molar-refractivity contribution in [3.05, 3.63) is 69.0 Å². The lowest BCUT2D eigenvalue weighted by molar-refractivity contribution is 0.588. The van der Waals surface area contributed by atoms with Crippen LogP contribution in [0.5, 0.6) is 0 Å². The zero-order valence-electron chi connectivity index (χ0n) is 9.29. The van der Waals surface area contributed by atoms with Crippen molar-refractivity contribution in [3.63, 3.8) is 0 Å². The molecule has 1 nitrogen and oxygen atoms in total. The zero-order valence-corrected chi connectivity index (χ0v) is 11.4. The van der Waals surface area contributed by atoms with E-state index in [1.54, 1.807) is 12.1 Å². The van der Waals surface area contributed by atoms with Crippen molar-refractivity contribution in [1.29, 1.82) is 0 Å². The molecule has 0 spiro atoms. The first-order chi connectivity index (χ1) is 8.25. The molecule has 1 N–H and O–H groups in total. The molecule has 88 valence electrons. The lowest BCUT2D eigenvalue weighted by atomic mass is 10.2. The fraction of sp³-hybridized carbons (Fsp3) is 0.143. The third-order valence-corrected chi connectivity index (χ3v) is 3.23. The highest BCUT2D eigenvalue weighted by Gasteiger charge is 1.99. The fourth-order valence-electron chi connectivity index (χ4n) is 1.59. The van der Waals surface area contributed by atoms with E-state index in [1.807, 2.05) is 6.07 Å². The first-order valence-electron chi connectivity index (χ1n) is 5.44. The zero-order chi connectivity index (χ0) is 12.1. The van der Waals surface area contributed by atoms with Gasteiger partial charge in [0.05, 0.1) is 0 Å². The Labute approximate surface area is 114 Å². The second-order valence-electron chi connectivity index (χ2n) is 3.82. The van der Waals surface area contributed by atoms with Crippen molar-refractivity contribution in [2.24, 2.45) is 0 Å². The Morgan fingerprint density at radius 2 is 1.65 bits per heavy atom. The van der Waals surface area contributed by atoms with Gasteiger partial charge < -0.3 is 5.32 Å². The van der Waals surface area contributed by atoms with Crippen LogP contribution in [0.25, 0.3) is 0 Å². The van der Waals surface area contributed by atoms with Gasteiger partial charge in [0.1, 0.15) is 5.82 Å². The summed E-state index contributed by atoms with van der Waals surface area (Å²) in [6, 6.07) is 15.1. The van der Waals surface area contributed by atoms with E-state index in [2.05, 4.69) is 52.2 Å². The number of hydrogen-bond donors (Lipinski definition) is 1. The Balaban J connectivity index is 1.88. The summed E-state index contributed by atoms with van der Waals surface area (Å²) in [6.45, 7) is 1.31. The smallest absolute Gasteiger partial charge is 0.127 e. The van der Waals surface area contributed by atoms with Gasteiger partial charge in [-0.05, 0) is 46.4 Å². The first-order valence-corrected chi connectivity index (χ1v) is 6.52. The van der Waals surface area contributed by atoms with E-state index < -0.39 is 0 Å². The molecule has 0 heterocycles. The second-order valence-corrected chi connectivity index (χ2v) is 5.07. The van der Waals surface area contributed by atoms with E-state index in [-0.39, 0.29) is 5.82 Å². The van der Waals surface area contributed by atoms with Crippen LogP contribution in [0.1, 0.15) is 11.1 Å². The van der Waals surface area contributed by atoms with Crippen LogP contribution in [-0.2, 0) is 13.1 Å². The molecule has 3 heteroatoms. The molecule has 0 fully saturated rings. The molecule has 0 aliphatic carbocycles. The minimum Gasteiger partial charge on any atom is -0.309 e. The maximum Gasteiger partial charge on any atom is 0.127 e. The Kier molecular flexibility index (Phi) is 4.50. The molecule has 0 bridgehead atoms. The molecule has 2 aromatic carbocycles. The minimum atomic E-state index is -0.150. The topological polar surface area (TPSA) is 12.0 Å². The van der Waals surface area contributed by atoms with Gasteiger partial charge in [0.25, 0.3) is 0 Å². The maximum atomic E-state index is 13.3. The van der Waals surface area contributed by atoms with E-state index in [1.165, 1.54) is 15.2 Å². The molecule has 0 aliphatic rings. The summed E-state index contributed by atoms with van der Waals surface area (Å²) in [5, 5.41) is 3.24. The molecule has 0 unspecified atom stereocenters. The average Bonchev–Trinajstić information content (AvgIpc) is 2.34. The Hall–Kier alpha value is -0.940. The normalized spacial score (nSPS) is 10.5. The van der Waals surface area contributed by atoms with Gasteiger partial charge >= 0.3 is 0 Å². The summed E-state index contributed by atoms with van der Waals surface area (Å²) >= 11 is 2.28. The molecule has 17 heavy (non-hydrogen) atoms. The van der Waals surface area contributed by atoms with Crippen LogP contribution < -0.4 is 5.32 Å². The first kappa shape index (κ1) is 12.5. The lowest BCUT2D eigenvalue weighted by Gasteiger charge is -2.06. The van der Waals surface area contributed by atoms with Crippen molar-refractivity contribution in [3.8, 4) is 0 Å². The number of rotatable bonds is 4. The van der Waals surface area contributed by atoms with Crippen molar-refractivity contribution >= 4 is 22.6 Å². The molecular formula is C14H13FIN. The standard InChI is InChI=1S/C14H13FIN/c15-14-4-2-1-3-12(14)10-17-9-11-5-7-13(16)8-6-11/h1-8,17H,9-10H2. The van der Waals surface area contributed by atoms with Crippen LogP contribution in [-0.4, -0.2) is 0 Å². The molecule has 0 saturated carbocycles. The van der Waals surface area contributed by atoms with Crippen LogP contribution in [0, 0.1) is 9.39 Å². The van der Waals surface area contributed by atoms with Gasteiger partial charge in [-0.3, -0.25) is 0 Å². The Morgan fingerprint density at radius 3 is 2.35 bits per heavy atom. The van der Waals surface area contributed by atoms with E-state index in [4.69, 9.17) is 0 Å². The van der Waals surface area contributed by atoms with Gasteiger partial charge in [0, 0.05) is 22.2 Å². The van der Waals surface area contributed by atoms with Crippen molar-refractivity contribution in [1.82, 2.24) is 5.32 Å². The molecular weight excluding hydrogens is 328 g/mol. The van der Waals surface area contributed by atoms with Crippen LogP contribution in [0.15, 0.2) is 48.5 Å². The molecule has 0 amide bonds. The monoisotopic (exact) mass is 341 g/mol. The van der Waals surface area contributed by atoms with Crippen LogP contribution in [0.4, 0.5) is 4.39 Å². The largest absolute Gasteiger partial charge is 0.309 e. The van der Waals surface area contributed by atoms with Gasteiger partial charge in [0.15, 0.2) is 0 Å². The second kappa shape index (κ2) is 6.12. The van der Waals surface area contributed by atoms with Crippen molar-refractivity contribution < 1.29 is 4.39 Å². The van der Waals surface area contributed by atoms with Gasteiger partial charge in [-0.1, -0.05) is 30.3 Å². The summed E-state index contributed by atoms with van der Waals surface area (Å²) in [4.78, 5) is 0.